The normalized spacial score (nSPS) is 11.1. The van der Waals surface area contributed by atoms with Gasteiger partial charge < -0.3 is 14.6 Å². The number of aryl methyl sites for hydroxylation is 1. The van der Waals surface area contributed by atoms with Gasteiger partial charge in [-0.15, -0.1) is 0 Å². The van der Waals surface area contributed by atoms with Crippen molar-refractivity contribution in [1.82, 2.24) is 20.8 Å². The van der Waals surface area contributed by atoms with Crippen molar-refractivity contribution in [1.29, 1.82) is 0 Å². The zero-order chi connectivity index (χ0) is 19.9. The summed E-state index contributed by atoms with van der Waals surface area (Å²) < 4.78 is 10.6. The van der Waals surface area contributed by atoms with Gasteiger partial charge in [0.1, 0.15) is 5.75 Å². The molecule has 0 radical (unpaired) electrons. The van der Waals surface area contributed by atoms with Crippen LogP contribution in [-0.4, -0.2) is 34.2 Å². The highest BCUT2D eigenvalue weighted by atomic mass is 16.5. The van der Waals surface area contributed by atoms with Crippen LogP contribution in [0.25, 0.3) is 11.4 Å². The van der Waals surface area contributed by atoms with Crippen LogP contribution in [0.4, 0.5) is 4.79 Å². The van der Waals surface area contributed by atoms with Crippen LogP contribution in [0.5, 0.6) is 5.75 Å². The topological polar surface area (TPSA) is 106 Å². The number of amides is 3. The van der Waals surface area contributed by atoms with Crippen LogP contribution in [-0.2, 0) is 11.2 Å². The molecule has 0 atom stereocenters. The summed E-state index contributed by atoms with van der Waals surface area (Å²) in [6, 6.07) is 6.43. The Morgan fingerprint density at radius 3 is 2.52 bits per heavy atom. The van der Waals surface area contributed by atoms with E-state index in [9.17, 15) is 9.59 Å². The third-order valence-corrected chi connectivity index (χ3v) is 3.44. The number of benzene rings is 1. The van der Waals surface area contributed by atoms with Crippen molar-refractivity contribution in [2.24, 2.45) is 0 Å². The summed E-state index contributed by atoms with van der Waals surface area (Å²) in [4.78, 5) is 27.7. The second-order valence-corrected chi connectivity index (χ2v) is 7.18. The highest BCUT2D eigenvalue weighted by Gasteiger charge is 2.16. The Bertz CT molecular complexity index is 763. The minimum Gasteiger partial charge on any atom is -0.484 e. The van der Waals surface area contributed by atoms with Crippen LogP contribution in [0.1, 0.15) is 46.4 Å². The zero-order valence-corrected chi connectivity index (χ0v) is 16.2. The molecule has 0 aliphatic rings. The summed E-state index contributed by atoms with van der Waals surface area (Å²) >= 11 is 0. The maximum atomic E-state index is 11.8. The number of carbonyl (C=O) groups excluding carboxylic acids is 2. The quantitative estimate of drug-likeness (QED) is 0.771. The highest BCUT2D eigenvalue weighted by molar-refractivity contribution is 5.95. The van der Waals surface area contributed by atoms with Crippen molar-refractivity contribution in [3.63, 3.8) is 0 Å². The predicted molar refractivity (Wildman–Crippen MR) is 100 cm³/mol. The molecule has 27 heavy (non-hydrogen) atoms. The van der Waals surface area contributed by atoms with E-state index in [4.69, 9.17) is 9.26 Å². The van der Waals surface area contributed by atoms with Crippen molar-refractivity contribution in [3.8, 4) is 17.1 Å². The Morgan fingerprint density at radius 2 is 1.89 bits per heavy atom. The molecule has 2 rings (SSSR count). The fraction of sp³-hybridized carbons (Fsp3) is 0.474. The number of nitrogens with zero attached hydrogens (tertiary/aromatic N) is 2. The Morgan fingerprint density at radius 1 is 1.19 bits per heavy atom. The molecule has 2 aromatic rings. The van der Waals surface area contributed by atoms with Crippen molar-refractivity contribution >= 4 is 11.9 Å². The number of nitrogens with one attached hydrogen (secondary N) is 2. The van der Waals surface area contributed by atoms with E-state index < -0.39 is 17.5 Å². The van der Waals surface area contributed by atoms with Crippen LogP contribution in [0.3, 0.4) is 0 Å². The lowest BCUT2D eigenvalue weighted by atomic mass is 10.1. The minimum absolute atomic E-state index is 0.264. The Balaban J connectivity index is 1.84. The monoisotopic (exact) mass is 374 g/mol. The molecule has 3 amide bonds. The first-order valence-electron chi connectivity index (χ1n) is 8.94. The number of hydrogen-bond acceptors (Lipinski definition) is 6. The van der Waals surface area contributed by atoms with Crippen LogP contribution in [0, 0.1) is 0 Å². The molecule has 0 spiro atoms. The van der Waals surface area contributed by atoms with Crippen molar-refractivity contribution in [3.05, 3.63) is 30.2 Å². The van der Waals surface area contributed by atoms with Gasteiger partial charge in [0.25, 0.3) is 5.91 Å². The lowest BCUT2D eigenvalue weighted by Crippen LogP contribution is -2.49. The second-order valence-electron chi connectivity index (χ2n) is 7.18. The van der Waals surface area contributed by atoms with Gasteiger partial charge in [0, 0.05) is 17.5 Å². The van der Waals surface area contributed by atoms with Crippen LogP contribution in [0.15, 0.2) is 28.8 Å². The van der Waals surface area contributed by atoms with Crippen molar-refractivity contribution in [2.45, 2.75) is 52.5 Å². The molecule has 0 fully saturated rings. The number of urea groups is 1. The molecule has 1 aromatic carbocycles. The Kier molecular flexibility index (Phi) is 6.92. The molecule has 1 aromatic heterocycles. The number of aromatic nitrogens is 2. The third kappa shape index (κ3) is 7.08. The second kappa shape index (κ2) is 9.16. The number of ether oxygens (including phenoxy) is 1. The average Bonchev–Trinajstić information content (AvgIpc) is 3.05. The molecular weight excluding hydrogens is 348 g/mol. The van der Waals surface area contributed by atoms with E-state index in [0.29, 0.717) is 17.5 Å². The van der Waals surface area contributed by atoms with E-state index in [1.807, 2.05) is 20.8 Å². The molecule has 8 heteroatoms. The largest absolute Gasteiger partial charge is 0.484 e. The molecule has 0 bridgehead atoms. The van der Waals surface area contributed by atoms with Crippen LogP contribution in [0.2, 0.25) is 0 Å². The van der Waals surface area contributed by atoms with Gasteiger partial charge >= 0.3 is 6.03 Å². The zero-order valence-electron chi connectivity index (χ0n) is 16.2. The molecule has 0 aliphatic heterocycles. The van der Waals surface area contributed by atoms with Gasteiger partial charge in [0.2, 0.25) is 11.7 Å². The van der Waals surface area contributed by atoms with Crippen molar-refractivity contribution in [2.75, 3.05) is 6.61 Å². The number of unbranched alkanes of at least 4 members (excludes halogenated alkanes) is 1. The fourth-order valence-corrected chi connectivity index (χ4v) is 2.19. The maximum Gasteiger partial charge on any atom is 0.321 e. The molecule has 0 unspecified atom stereocenters. The highest BCUT2D eigenvalue weighted by Crippen LogP contribution is 2.20. The van der Waals surface area contributed by atoms with Crippen LogP contribution < -0.4 is 15.4 Å². The summed E-state index contributed by atoms with van der Waals surface area (Å²) in [6.07, 6.45) is 2.84. The van der Waals surface area contributed by atoms with E-state index in [1.54, 1.807) is 24.3 Å². The predicted octanol–water partition coefficient (Wildman–Crippen LogP) is 3.08. The summed E-state index contributed by atoms with van der Waals surface area (Å²) in [5.74, 6) is 1.11. The molecule has 0 saturated heterocycles. The molecule has 2 N–H and O–H groups in total. The molecule has 146 valence electrons. The van der Waals surface area contributed by atoms with E-state index in [2.05, 4.69) is 27.7 Å². The average molecular weight is 374 g/mol. The molecule has 0 saturated carbocycles. The smallest absolute Gasteiger partial charge is 0.321 e. The third-order valence-electron chi connectivity index (χ3n) is 3.44. The van der Waals surface area contributed by atoms with Crippen LogP contribution >= 0.6 is 0 Å². The van der Waals surface area contributed by atoms with Gasteiger partial charge in [0.05, 0.1) is 0 Å². The standard InChI is InChI=1S/C19H26N4O4/c1-5-6-7-16-21-17(23-27-16)13-8-10-14(11-9-13)26-12-15(24)20-18(25)22-19(2,3)4/h8-11H,5-7,12H2,1-4H3,(H2,20,22,24,25). The van der Waals surface area contributed by atoms with E-state index in [1.165, 1.54) is 0 Å². The first-order chi connectivity index (χ1) is 12.8. The summed E-state index contributed by atoms with van der Waals surface area (Å²) in [7, 11) is 0. The van der Waals surface area contributed by atoms with E-state index in [0.717, 1.165) is 24.8 Å². The van der Waals surface area contributed by atoms with Gasteiger partial charge in [-0.2, -0.15) is 4.98 Å². The maximum absolute atomic E-state index is 11.8. The lowest BCUT2D eigenvalue weighted by molar-refractivity contribution is -0.122. The minimum atomic E-state index is -0.553. The Hall–Kier alpha value is -2.90. The SMILES string of the molecule is CCCCc1nc(-c2ccc(OCC(=O)NC(=O)NC(C)(C)C)cc2)no1. The Labute approximate surface area is 158 Å². The molecular formula is C19H26N4O4. The van der Waals surface area contributed by atoms with Gasteiger partial charge in [-0.3, -0.25) is 10.1 Å². The van der Waals surface area contributed by atoms with E-state index in [-0.39, 0.29) is 6.61 Å². The molecule has 8 nitrogen and oxygen atoms in total. The van der Waals surface area contributed by atoms with Gasteiger partial charge in [0.15, 0.2) is 6.61 Å². The summed E-state index contributed by atoms with van der Waals surface area (Å²) in [5, 5.41) is 8.83. The first kappa shape index (κ1) is 20.4. The first-order valence-corrected chi connectivity index (χ1v) is 8.94. The molecule has 1 heterocycles. The van der Waals surface area contributed by atoms with Gasteiger partial charge in [-0.25, -0.2) is 4.79 Å². The summed E-state index contributed by atoms with van der Waals surface area (Å²) in [5.41, 5.74) is 0.370. The number of imide groups is 1. The molecule has 0 aliphatic carbocycles. The lowest BCUT2D eigenvalue weighted by Gasteiger charge is -2.20. The summed E-state index contributed by atoms with van der Waals surface area (Å²) in [6.45, 7) is 7.32. The van der Waals surface area contributed by atoms with Crippen molar-refractivity contribution < 1.29 is 18.8 Å². The number of carbonyl (C=O) groups is 2. The van der Waals surface area contributed by atoms with E-state index >= 15 is 0 Å². The number of hydrogen-bond donors (Lipinski definition) is 2. The number of rotatable bonds is 7. The fourth-order valence-electron chi connectivity index (χ4n) is 2.19. The van der Waals surface area contributed by atoms with Gasteiger partial charge in [-0.05, 0) is 51.5 Å². The van der Waals surface area contributed by atoms with Gasteiger partial charge in [-0.1, -0.05) is 18.5 Å².